The molecule has 0 aliphatic heterocycles. The summed E-state index contributed by atoms with van der Waals surface area (Å²) in [6, 6.07) is 16.3. The van der Waals surface area contributed by atoms with E-state index in [4.69, 9.17) is 17.2 Å². The molecule has 2 heterocycles. The van der Waals surface area contributed by atoms with Crippen LogP contribution >= 0.6 is 12.2 Å². The van der Waals surface area contributed by atoms with Gasteiger partial charge in [0, 0.05) is 23.0 Å². The number of hydrogen-bond acceptors (Lipinski definition) is 3. The summed E-state index contributed by atoms with van der Waals surface area (Å²) < 4.78 is 3.06. The Morgan fingerprint density at radius 2 is 1.83 bits per heavy atom. The summed E-state index contributed by atoms with van der Waals surface area (Å²) in [6.45, 7) is 0.732. The molecule has 1 aliphatic carbocycles. The van der Waals surface area contributed by atoms with Crippen molar-refractivity contribution in [2.24, 2.45) is 0 Å². The highest BCUT2D eigenvalue weighted by Crippen LogP contribution is 2.28. The average Bonchev–Trinajstić information content (AvgIpc) is 3.09. The van der Waals surface area contributed by atoms with E-state index in [9.17, 15) is 0 Å². The van der Waals surface area contributed by atoms with E-state index in [0.717, 1.165) is 47.5 Å². The SMILES string of the molecule is S=c1nc(-c2ccccc2)n(Cc2ccccn2)c2c1CCC2. The Labute approximate surface area is 140 Å². The molecule has 0 bridgehead atoms. The van der Waals surface area contributed by atoms with Crippen molar-refractivity contribution in [1.82, 2.24) is 14.5 Å². The zero-order chi connectivity index (χ0) is 15.6. The normalized spacial score (nSPS) is 13.0. The predicted molar refractivity (Wildman–Crippen MR) is 93.9 cm³/mol. The first kappa shape index (κ1) is 14.3. The van der Waals surface area contributed by atoms with Gasteiger partial charge in [0.25, 0.3) is 0 Å². The number of rotatable bonds is 3. The van der Waals surface area contributed by atoms with Crippen molar-refractivity contribution in [2.75, 3.05) is 0 Å². The van der Waals surface area contributed by atoms with Gasteiger partial charge in [0.2, 0.25) is 0 Å². The van der Waals surface area contributed by atoms with E-state index < -0.39 is 0 Å². The van der Waals surface area contributed by atoms with E-state index in [1.54, 1.807) is 0 Å². The minimum Gasteiger partial charge on any atom is -0.323 e. The Hall–Kier alpha value is -2.33. The molecule has 0 atom stereocenters. The molecule has 0 fully saturated rings. The van der Waals surface area contributed by atoms with Gasteiger partial charge in [0.15, 0.2) is 0 Å². The molecule has 0 N–H and O–H groups in total. The molecule has 0 radical (unpaired) electrons. The number of hydrogen-bond donors (Lipinski definition) is 0. The van der Waals surface area contributed by atoms with Crippen LogP contribution in [-0.4, -0.2) is 14.5 Å². The molecular formula is C19H17N3S. The predicted octanol–water partition coefficient (Wildman–Crippen LogP) is 4.21. The van der Waals surface area contributed by atoms with Crippen LogP contribution in [0.4, 0.5) is 0 Å². The van der Waals surface area contributed by atoms with Crippen molar-refractivity contribution in [3.05, 3.63) is 76.3 Å². The van der Waals surface area contributed by atoms with Gasteiger partial charge in [-0.05, 0) is 31.4 Å². The number of nitrogens with zero attached hydrogens (tertiary/aromatic N) is 3. The Bertz CT molecular complexity index is 886. The number of pyridine rings is 1. The van der Waals surface area contributed by atoms with Gasteiger partial charge in [0.05, 0.1) is 12.2 Å². The number of aromatic nitrogens is 3. The quantitative estimate of drug-likeness (QED) is 0.678. The largest absolute Gasteiger partial charge is 0.323 e. The molecule has 0 unspecified atom stereocenters. The Morgan fingerprint density at radius 1 is 1.00 bits per heavy atom. The Morgan fingerprint density at radius 3 is 2.61 bits per heavy atom. The van der Waals surface area contributed by atoms with Gasteiger partial charge in [-0.1, -0.05) is 48.6 Å². The second-order valence-electron chi connectivity index (χ2n) is 5.79. The third kappa shape index (κ3) is 2.70. The van der Waals surface area contributed by atoms with Crippen LogP contribution in [-0.2, 0) is 19.4 Å². The first-order valence-corrected chi connectivity index (χ1v) is 8.31. The molecular weight excluding hydrogens is 302 g/mol. The van der Waals surface area contributed by atoms with Gasteiger partial charge in [-0.2, -0.15) is 0 Å². The fraction of sp³-hybridized carbons (Fsp3) is 0.211. The summed E-state index contributed by atoms with van der Waals surface area (Å²) in [5.41, 5.74) is 4.72. The highest BCUT2D eigenvalue weighted by Gasteiger charge is 2.20. The molecule has 23 heavy (non-hydrogen) atoms. The molecule has 0 spiro atoms. The van der Waals surface area contributed by atoms with Crippen molar-refractivity contribution < 1.29 is 0 Å². The Kier molecular flexibility index (Phi) is 3.75. The summed E-state index contributed by atoms with van der Waals surface area (Å²) in [4.78, 5) is 9.24. The van der Waals surface area contributed by atoms with Crippen molar-refractivity contribution in [3.8, 4) is 11.4 Å². The Balaban J connectivity index is 1.91. The topological polar surface area (TPSA) is 30.7 Å². The minimum absolute atomic E-state index is 0.732. The zero-order valence-electron chi connectivity index (χ0n) is 12.8. The van der Waals surface area contributed by atoms with Gasteiger partial charge < -0.3 is 4.57 Å². The summed E-state index contributed by atoms with van der Waals surface area (Å²) in [5, 5.41) is 0. The van der Waals surface area contributed by atoms with E-state index in [1.165, 1.54) is 11.3 Å². The maximum atomic E-state index is 5.55. The maximum Gasteiger partial charge on any atom is 0.142 e. The van der Waals surface area contributed by atoms with Gasteiger partial charge >= 0.3 is 0 Å². The van der Waals surface area contributed by atoms with Crippen LogP contribution in [0.2, 0.25) is 0 Å². The van der Waals surface area contributed by atoms with E-state index in [2.05, 4.69) is 27.8 Å². The highest BCUT2D eigenvalue weighted by atomic mass is 32.1. The summed E-state index contributed by atoms with van der Waals surface area (Å²) in [6.07, 6.45) is 5.10. The average molecular weight is 319 g/mol. The van der Waals surface area contributed by atoms with Gasteiger partial charge in [-0.15, -0.1) is 0 Å². The molecule has 4 rings (SSSR count). The third-order valence-electron chi connectivity index (χ3n) is 4.31. The lowest BCUT2D eigenvalue weighted by Crippen LogP contribution is -2.13. The van der Waals surface area contributed by atoms with Crippen LogP contribution in [0, 0.1) is 4.64 Å². The first-order chi connectivity index (χ1) is 11.3. The third-order valence-corrected chi connectivity index (χ3v) is 4.65. The lowest BCUT2D eigenvalue weighted by molar-refractivity contribution is 0.708. The number of fused-ring (bicyclic) bond motifs is 1. The molecule has 2 aromatic heterocycles. The molecule has 1 aromatic carbocycles. The molecule has 1 aliphatic rings. The summed E-state index contributed by atoms with van der Waals surface area (Å²) in [5.74, 6) is 0.946. The molecule has 3 nitrogen and oxygen atoms in total. The van der Waals surface area contributed by atoms with Gasteiger partial charge in [-0.25, -0.2) is 4.98 Å². The molecule has 4 heteroatoms. The van der Waals surface area contributed by atoms with Gasteiger partial charge in [0.1, 0.15) is 10.5 Å². The van der Waals surface area contributed by atoms with Crippen molar-refractivity contribution in [1.29, 1.82) is 0 Å². The fourth-order valence-corrected chi connectivity index (χ4v) is 3.55. The van der Waals surface area contributed by atoms with Crippen LogP contribution in [0.5, 0.6) is 0 Å². The van der Waals surface area contributed by atoms with E-state index >= 15 is 0 Å². The zero-order valence-corrected chi connectivity index (χ0v) is 13.6. The van der Waals surface area contributed by atoms with Crippen LogP contribution in [0.1, 0.15) is 23.4 Å². The van der Waals surface area contributed by atoms with Crippen molar-refractivity contribution in [2.45, 2.75) is 25.8 Å². The summed E-state index contributed by atoms with van der Waals surface area (Å²) in [7, 11) is 0. The number of benzene rings is 1. The smallest absolute Gasteiger partial charge is 0.142 e. The van der Waals surface area contributed by atoms with E-state index in [1.807, 2.05) is 36.5 Å². The molecule has 114 valence electrons. The van der Waals surface area contributed by atoms with Crippen LogP contribution < -0.4 is 0 Å². The minimum atomic E-state index is 0.732. The van der Waals surface area contributed by atoms with Crippen LogP contribution in [0.3, 0.4) is 0 Å². The standard InChI is InChI=1S/C19H17N3S/c23-19-16-10-6-11-17(16)22(13-15-9-4-5-12-20-15)18(21-19)14-7-2-1-3-8-14/h1-5,7-9,12H,6,10-11,13H2. The van der Waals surface area contributed by atoms with Crippen LogP contribution in [0.25, 0.3) is 11.4 Å². The fourth-order valence-electron chi connectivity index (χ4n) is 3.24. The van der Waals surface area contributed by atoms with E-state index in [-0.39, 0.29) is 0 Å². The molecule has 3 aromatic rings. The maximum absolute atomic E-state index is 5.55. The second-order valence-corrected chi connectivity index (χ2v) is 6.18. The highest BCUT2D eigenvalue weighted by molar-refractivity contribution is 7.71. The molecule has 0 amide bonds. The first-order valence-electron chi connectivity index (χ1n) is 7.91. The second kappa shape index (κ2) is 6.05. The van der Waals surface area contributed by atoms with Gasteiger partial charge in [-0.3, -0.25) is 4.98 Å². The van der Waals surface area contributed by atoms with Crippen molar-refractivity contribution in [3.63, 3.8) is 0 Å². The lowest BCUT2D eigenvalue weighted by atomic mass is 10.1. The molecule has 0 saturated heterocycles. The lowest BCUT2D eigenvalue weighted by Gasteiger charge is -2.18. The van der Waals surface area contributed by atoms with Crippen LogP contribution in [0.15, 0.2) is 54.7 Å². The van der Waals surface area contributed by atoms with E-state index in [0.29, 0.717) is 0 Å². The monoisotopic (exact) mass is 319 g/mol. The molecule has 0 saturated carbocycles. The summed E-state index contributed by atoms with van der Waals surface area (Å²) >= 11 is 5.55. The van der Waals surface area contributed by atoms with Crippen molar-refractivity contribution >= 4 is 12.2 Å².